The van der Waals surface area contributed by atoms with Gasteiger partial charge in [-0.05, 0) is 54.4 Å². The lowest BCUT2D eigenvalue weighted by molar-refractivity contribution is 0.0945. The van der Waals surface area contributed by atoms with Crippen molar-refractivity contribution < 1.29 is 14.6 Å². The van der Waals surface area contributed by atoms with E-state index in [4.69, 9.17) is 21.4 Å². The third-order valence-corrected chi connectivity index (χ3v) is 5.28. The lowest BCUT2D eigenvalue weighted by atomic mass is 10.0. The molecule has 0 saturated carbocycles. The number of rotatable bonds is 7. The van der Waals surface area contributed by atoms with Crippen molar-refractivity contribution in [3.05, 3.63) is 76.6 Å². The second-order valence-electron chi connectivity index (χ2n) is 7.02. The molecule has 0 unspecified atom stereocenters. The number of carbonyl (C=O) groups is 1. The average Bonchev–Trinajstić information content (AvgIpc) is 3.21. The van der Waals surface area contributed by atoms with Crippen molar-refractivity contribution in [3.63, 3.8) is 0 Å². The first-order valence-corrected chi connectivity index (χ1v) is 10.1. The van der Waals surface area contributed by atoms with Crippen LogP contribution in [0.5, 0.6) is 5.75 Å². The fourth-order valence-electron chi connectivity index (χ4n) is 3.26. The van der Waals surface area contributed by atoms with Gasteiger partial charge < -0.3 is 15.2 Å². The SMILES string of the molecule is Cc1cc(OCc2[nH]nc3ncccc23)c(-c2cccc(C(=O)NCCO)c2)cc1Cl. The minimum Gasteiger partial charge on any atom is -0.487 e. The van der Waals surface area contributed by atoms with Crippen molar-refractivity contribution in [2.45, 2.75) is 13.5 Å². The smallest absolute Gasteiger partial charge is 0.251 e. The van der Waals surface area contributed by atoms with E-state index in [1.165, 1.54) is 0 Å². The second-order valence-corrected chi connectivity index (χ2v) is 7.43. The zero-order valence-electron chi connectivity index (χ0n) is 16.9. The van der Waals surface area contributed by atoms with E-state index < -0.39 is 0 Å². The molecule has 0 atom stereocenters. The quantitative estimate of drug-likeness (QED) is 0.408. The van der Waals surface area contributed by atoms with Gasteiger partial charge in [-0.1, -0.05) is 23.7 Å². The Morgan fingerprint density at radius 3 is 2.94 bits per heavy atom. The van der Waals surface area contributed by atoms with E-state index in [9.17, 15) is 4.79 Å². The van der Waals surface area contributed by atoms with Crippen LogP contribution in [0, 0.1) is 6.92 Å². The Kier molecular flexibility index (Phi) is 6.16. The summed E-state index contributed by atoms with van der Waals surface area (Å²) in [5, 5.41) is 20.3. The number of halogens is 1. The number of pyridine rings is 1. The summed E-state index contributed by atoms with van der Waals surface area (Å²) in [7, 11) is 0. The van der Waals surface area contributed by atoms with Crippen molar-refractivity contribution >= 4 is 28.5 Å². The molecule has 8 heteroatoms. The van der Waals surface area contributed by atoms with Gasteiger partial charge in [0.15, 0.2) is 5.65 Å². The Bertz CT molecular complexity index is 1240. The van der Waals surface area contributed by atoms with E-state index in [1.54, 1.807) is 24.4 Å². The van der Waals surface area contributed by atoms with Gasteiger partial charge in [0.05, 0.1) is 12.3 Å². The first kappa shape index (κ1) is 20.8. The monoisotopic (exact) mass is 436 g/mol. The van der Waals surface area contributed by atoms with Crippen LogP contribution in [0.2, 0.25) is 5.02 Å². The second kappa shape index (κ2) is 9.16. The molecule has 1 amide bonds. The number of fused-ring (bicyclic) bond motifs is 1. The number of carbonyl (C=O) groups excluding carboxylic acids is 1. The maximum Gasteiger partial charge on any atom is 0.251 e. The lowest BCUT2D eigenvalue weighted by Gasteiger charge is -2.14. The number of amides is 1. The zero-order chi connectivity index (χ0) is 21.8. The van der Waals surface area contributed by atoms with E-state index >= 15 is 0 Å². The average molecular weight is 437 g/mol. The molecule has 2 heterocycles. The predicted molar refractivity (Wildman–Crippen MR) is 119 cm³/mol. The number of H-pyrrole nitrogens is 1. The van der Waals surface area contributed by atoms with Gasteiger partial charge >= 0.3 is 0 Å². The maximum absolute atomic E-state index is 12.3. The van der Waals surface area contributed by atoms with Crippen LogP contribution in [-0.2, 0) is 6.61 Å². The van der Waals surface area contributed by atoms with E-state index in [2.05, 4.69) is 20.5 Å². The van der Waals surface area contributed by atoms with Gasteiger partial charge in [0.25, 0.3) is 5.91 Å². The highest BCUT2D eigenvalue weighted by Gasteiger charge is 2.14. The Morgan fingerprint density at radius 1 is 1.23 bits per heavy atom. The summed E-state index contributed by atoms with van der Waals surface area (Å²) in [5.41, 5.74) is 4.39. The summed E-state index contributed by atoms with van der Waals surface area (Å²) in [4.78, 5) is 16.5. The maximum atomic E-state index is 12.3. The van der Waals surface area contributed by atoms with Gasteiger partial charge in [-0.15, -0.1) is 0 Å². The molecule has 0 fully saturated rings. The largest absolute Gasteiger partial charge is 0.487 e. The predicted octanol–water partition coefficient (Wildman–Crippen LogP) is 3.89. The van der Waals surface area contributed by atoms with Crippen molar-refractivity contribution in [3.8, 4) is 16.9 Å². The molecule has 4 rings (SSSR count). The number of hydrogen-bond acceptors (Lipinski definition) is 5. The molecule has 31 heavy (non-hydrogen) atoms. The first-order valence-electron chi connectivity index (χ1n) is 9.77. The fraction of sp³-hybridized carbons (Fsp3) is 0.174. The number of benzene rings is 2. The van der Waals surface area contributed by atoms with Crippen molar-refractivity contribution in [1.29, 1.82) is 0 Å². The number of aromatic amines is 1. The van der Waals surface area contributed by atoms with Gasteiger partial charge in [-0.3, -0.25) is 9.89 Å². The van der Waals surface area contributed by atoms with Crippen molar-refractivity contribution in [2.75, 3.05) is 13.2 Å². The van der Waals surface area contributed by atoms with Gasteiger partial charge in [0.1, 0.15) is 12.4 Å². The molecule has 4 aromatic rings. The van der Waals surface area contributed by atoms with Crippen LogP contribution in [0.15, 0.2) is 54.7 Å². The Labute approximate surface area is 184 Å². The van der Waals surface area contributed by atoms with Gasteiger partial charge in [0, 0.05) is 34.3 Å². The van der Waals surface area contributed by atoms with Crippen LogP contribution < -0.4 is 10.1 Å². The number of ether oxygens (including phenoxy) is 1. The number of aliphatic hydroxyl groups excluding tert-OH is 1. The Morgan fingerprint density at radius 2 is 2.10 bits per heavy atom. The lowest BCUT2D eigenvalue weighted by Crippen LogP contribution is -2.26. The number of aliphatic hydroxyl groups is 1. The topological polar surface area (TPSA) is 100 Å². The summed E-state index contributed by atoms with van der Waals surface area (Å²) >= 11 is 6.40. The van der Waals surface area contributed by atoms with Gasteiger partial charge in [-0.25, -0.2) is 4.98 Å². The third-order valence-electron chi connectivity index (χ3n) is 4.87. The van der Waals surface area contributed by atoms with Crippen molar-refractivity contribution in [1.82, 2.24) is 20.5 Å². The van der Waals surface area contributed by atoms with E-state index in [0.717, 1.165) is 27.8 Å². The molecule has 7 nitrogen and oxygen atoms in total. The summed E-state index contributed by atoms with van der Waals surface area (Å²) in [6.45, 7) is 2.26. The molecular formula is C23H21ClN4O3. The molecular weight excluding hydrogens is 416 g/mol. The van der Waals surface area contributed by atoms with Crippen LogP contribution in [0.4, 0.5) is 0 Å². The fourth-order valence-corrected chi connectivity index (χ4v) is 3.43. The summed E-state index contributed by atoms with van der Waals surface area (Å²) in [6.07, 6.45) is 1.69. The molecule has 0 radical (unpaired) electrons. The van der Waals surface area contributed by atoms with Crippen LogP contribution in [0.1, 0.15) is 21.6 Å². The highest BCUT2D eigenvalue weighted by molar-refractivity contribution is 6.31. The normalized spacial score (nSPS) is 10.9. The first-order chi connectivity index (χ1) is 15.1. The van der Waals surface area contributed by atoms with E-state index in [0.29, 0.717) is 22.0 Å². The van der Waals surface area contributed by atoms with Gasteiger partial charge in [-0.2, -0.15) is 5.10 Å². The number of nitrogens with one attached hydrogen (secondary N) is 2. The molecule has 0 aliphatic heterocycles. The van der Waals surface area contributed by atoms with Crippen LogP contribution >= 0.6 is 11.6 Å². The zero-order valence-corrected chi connectivity index (χ0v) is 17.6. The standard InChI is InChI=1S/C23H21ClN4O3/c1-14-10-21(31-13-20-17-6-3-7-25-22(17)28-27-20)18(12-19(14)24)15-4-2-5-16(11-15)23(30)26-8-9-29/h2-7,10-12,29H,8-9,13H2,1H3,(H,26,30)(H,25,27,28). The molecule has 0 bridgehead atoms. The number of hydrogen-bond donors (Lipinski definition) is 3. The molecule has 2 aromatic carbocycles. The number of aromatic nitrogens is 3. The highest BCUT2D eigenvalue weighted by atomic mass is 35.5. The molecule has 0 aliphatic carbocycles. The molecule has 2 aromatic heterocycles. The third kappa shape index (κ3) is 4.52. The van der Waals surface area contributed by atoms with Crippen molar-refractivity contribution in [2.24, 2.45) is 0 Å². The summed E-state index contributed by atoms with van der Waals surface area (Å²) < 4.78 is 6.15. The summed E-state index contributed by atoms with van der Waals surface area (Å²) in [5.74, 6) is 0.384. The van der Waals surface area contributed by atoms with Gasteiger partial charge in [0.2, 0.25) is 0 Å². The molecule has 3 N–H and O–H groups in total. The minimum absolute atomic E-state index is 0.116. The minimum atomic E-state index is -0.256. The number of aryl methyl sites for hydroxylation is 1. The van der Waals surface area contributed by atoms with Crippen LogP contribution in [-0.4, -0.2) is 39.3 Å². The Hall–Kier alpha value is -3.42. The van der Waals surface area contributed by atoms with Crippen LogP contribution in [0.25, 0.3) is 22.2 Å². The molecule has 0 spiro atoms. The molecule has 0 saturated heterocycles. The van der Waals surface area contributed by atoms with E-state index in [-0.39, 0.29) is 25.7 Å². The number of nitrogens with zero attached hydrogens (tertiary/aromatic N) is 2. The molecule has 158 valence electrons. The van der Waals surface area contributed by atoms with Crippen LogP contribution in [0.3, 0.4) is 0 Å². The Balaban J connectivity index is 1.66. The molecule has 0 aliphatic rings. The van der Waals surface area contributed by atoms with E-state index in [1.807, 2.05) is 37.3 Å². The highest BCUT2D eigenvalue weighted by Crippen LogP contribution is 2.36. The summed E-state index contributed by atoms with van der Waals surface area (Å²) in [6, 6.07) is 14.7.